The van der Waals surface area contributed by atoms with Gasteiger partial charge in [-0.3, -0.25) is 0 Å². The van der Waals surface area contributed by atoms with E-state index >= 15 is 0 Å². The van der Waals surface area contributed by atoms with Gasteiger partial charge in [0.15, 0.2) is 0 Å². The van der Waals surface area contributed by atoms with Crippen LogP contribution in [-0.4, -0.2) is 7.05 Å². The Morgan fingerprint density at radius 2 is 0.562 bits per heavy atom. The molecule has 2 aliphatic carbocycles. The summed E-state index contributed by atoms with van der Waals surface area (Å²) in [4.78, 5) is 4.93. The Bertz CT molecular complexity index is 4540. The van der Waals surface area contributed by atoms with E-state index in [1.807, 2.05) is 0 Å². The molecule has 0 amide bonds. The van der Waals surface area contributed by atoms with E-state index < -0.39 is 0 Å². The van der Waals surface area contributed by atoms with Gasteiger partial charge in [0.1, 0.15) is 0 Å². The van der Waals surface area contributed by atoms with Gasteiger partial charge in [0.25, 0.3) is 0 Å². The molecule has 0 bridgehead atoms. The molecule has 540 valence electrons. The van der Waals surface area contributed by atoms with Gasteiger partial charge in [-0.1, -0.05) is 377 Å². The second-order valence-corrected chi connectivity index (χ2v) is 31.9. The number of anilines is 5. The highest BCUT2D eigenvalue weighted by molar-refractivity contribution is 5.88. The molecule has 13 rings (SSSR count). The molecule has 2 heteroatoms. The van der Waals surface area contributed by atoms with Crippen LogP contribution in [0.15, 0.2) is 255 Å². The van der Waals surface area contributed by atoms with Crippen molar-refractivity contribution in [2.45, 2.75) is 226 Å². The van der Waals surface area contributed by atoms with Crippen molar-refractivity contribution >= 4 is 28.4 Å². The highest BCUT2D eigenvalue weighted by Gasteiger charge is 2.44. The number of rotatable bonds is 36. The van der Waals surface area contributed by atoms with E-state index in [9.17, 15) is 0 Å². The van der Waals surface area contributed by atoms with Crippen LogP contribution < -0.4 is 9.80 Å². The average molecular weight is 1380 g/mol. The molecule has 0 saturated heterocycles. The first kappa shape index (κ1) is 74.3. The molecule has 105 heavy (non-hydrogen) atoms. The lowest BCUT2D eigenvalue weighted by molar-refractivity contribution is 0.399. The summed E-state index contributed by atoms with van der Waals surface area (Å²) >= 11 is 0. The summed E-state index contributed by atoms with van der Waals surface area (Å²) in [6.07, 6.45) is 30.8. The van der Waals surface area contributed by atoms with Crippen molar-refractivity contribution in [2.75, 3.05) is 16.8 Å². The maximum absolute atomic E-state index is 2.61. The Labute approximate surface area is 633 Å². The second-order valence-electron chi connectivity index (χ2n) is 31.9. The van der Waals surface area contributed by atoms with Crippen LogP contribution in [0.3, 0.4) is 0 Å². The van der Waals surface area contributed by atoms with E-state index in [4.69, 9.17) is 0 Å². The van der Waals surface area contributed by atoms with E-state index in [0.717, 1.165) is 11.4 Å². The minimum absolute atomic E-state index is 0.0303. The zero-order valence-corrected chi connectivity index (χ0v) is 65.2. The molecular formula is C103H118N2. The number of nitrogens with zero attached hydrogens (tertiary/aromatic N) is 2. The van der Waals surface area contributed by atoms with Crippen LogP contribution in [0, 0.1) is 12.8 Å². The lowest BCUT2D eigenvalue weighted by atomic mass is 9.68. The van der Waals surface area contributed by atoms with Crippen LogP contribution in [0.4, 0.5) is 28.4 Å². The summed E-state index contributed by atoms with van der Waals surface area (Å²) in [7, 11) is 2.26. The summed E-state index contributed by atoms with van der Waals surface area (Å²) in [5.41, 5.74) is 31.5. The quantitative estimate of drug-likeness (QED) is 0.0361. The van der Waals surface area contributed by atoms with Crippen LogP contribution in [0.1, 0.15) is 242 Å². The third kappa shape index (κ3) is 16.0. The topological polar surface area (TPSA) is 6.48 Å². The van der Waals surface area contributed by atoms with Crippen molar-refractivity contribution in [3.05, 3.63) is 294 Å². The molecule has 11 aromatic rings. The van der Waals surface area contributed by atoms with Gasteiger partial charge < -0.3 is 9.80 Å². The predicted molar refractivity (Wildman–Crippen MR) is 456 cm³/mol. The van der Waals surface area contributed by atoms with Gasteiger partial charge in [-0.05, 0) is 199 Å². The fraction of sp³-hybridized carbons (Fsp3) is 0.359. The first-order valence-corrected chi connectivity index (χ1v) is 41.1. The molecule has 11 aromatic carbocycles. The van der Waals surface area contributed by atoms with Gasteiger partial charge in [-0.15, -0.1) is 0 Å². The summed E-state index contributed by atoms with van der Waals surface area (Å²) in [5, 5.41) is 0. The van der Waals surface area contributed by atoms with Crippen molar-refractivity contribution < 1.29 is 0 Å². The molecule has 0 radical (unpaired) electrons. The van der Waals surface area contributed by atoms with Crippen LogP contribution >= 0.6 is 0 Å². The van der Waals surface area contributed by atoms with Crippen LogP contribution in [0.2, 0.25) is 0 Å². The van der Waals surface area contributed by atoms with E-state index in [2.05, 4.69) is 327 Å². The van der Waals surface area contributed by atoms with Gasteiger partial charge in [0, 0.05) is 51.7 Å². The SMILES string of the molecule is CCCCCCCC1(CCCCCCC)c2ccccc2-c2ccc(N(C)c3ccc(-c4ccc(-c5ccc(N(c6ccc(-c7ccc(C(C)(c8ccc(-c9ccc(C)cc9)cc8)C(C)C)cc7)cc6)c6ccc7c(c6)C(CCCCCCC)(CCCCCCC)c6ccccc6-7)cc5)cc4)cc3)cc21. The van der Waals surface area contributed by atoms with Crippen molar-refractivity contribution in [2.24, 2.45) is 5.92 Å². The standard InChI is InChI=1S/C103H118N2/c1-10-14-18-22-30-70-102(71-31-23-19-15-11-2)97-36-28-26-34-93(97)95-68-66-91(74-99(95)102)104(9)88-60-50-83(51-61-88)79-42-44-80(45-43-79)84-52-62-89(63-53-84)105(92-67-69-96-94-35-27-29-37-98(94)103(100(96)75-92,72-32-24-20-16-12-3)73-33-25-21-17-13-4)90-64-54-85(55-65-90)82-48-58-87(59-49-82)101(8,76(5)6)86-56-46-81(47-57-86)78-40-38-77(7)39-41-78/h26-29,34-69,74-76H,10-25,30-33,70-73H2,1-9H3. The van der Waals surface area contributed by atoms with Crippen LogP contribution in [0.25, 0.3) is 66.8 Å². The van der Waals surface area contributed by atoms with Gasteiger partial charge in [-0.25, -0.2) is 0 Å². The minimum Gasteiger partial charge on any atom is -0.345 e. The highest BCUT2D eigenvalue weighted by Crippen LogP contribution is 2.58. The van der Waals surface area contributed by atoms with E-state index in [0.29, 0.717) is 5.92 Å². The van der Waals surface area contributed by atoms with Crippen molar-refractivity contribution in [3.63, 3.8) is 0 Å². The predicted octanol–water partition coefficient (Wildman–Crippen LogP) is 30.8. The van der Waals surface area contributed by atoms with Gasteiger partial charge in [-0.2, -0.15) is 0 Å². The Hall–Kier alpha value is -8.98. The van der Waals surface area contributed by atoms with Crippen molar-refractivity contribution in [1.82, 2.24) is 0 Å². The van der Waals surface area contributed by atoms with E-state index in [1.54, 1.807) is 16.7 Å². The Kier molecular flexibility index (Phi) is 24.4. The van der Waals surface area contributed by atoms with Gasteiger partial charge in [0.05, 0.1) is 0 Å². The highest BCUT2D eigenvalue weighted by atomic mass is 15.1. The third-order valence-corrected chi connectivity index (χ3v) is 24.9. The first-order chi connectivity index (χ1) is 51.4. The summed E-state index contributed by atoms with van der Waals surface area (Å²) in [5.74, 6) is 0.389. The summed E-state index contributed by atoms with van der Waals surface area (Å²) in [6, 6.07) is 98.6. The van der Waals surface area contributed by atoms with Crippen molar-refractivity contribution in [1.29, 1.82) is 0 Å². The van der Waals surface area contributed by atoms with E-state index in [-0.39, 0.29) is 16.2 Å². The number of unbranched alkanes of at least 4 members (excludes halogenated alkanes) is 16. The molecule has 0 fully saturated rings. The minimum atomic E-state index is -0.161. The summed E-state index contributed by atoms with van der Waals surface area (Å²) in [6.45, 7) is 18.6. The molecule has 2 aliphatic rings. The third-order valence-electron chi connectivity index (χ3n) is 24.9. The number of hydrogen-bond donors (Lipinski definition) is 0. The Balaban J connectivity index is 0.781. The lowest BCUT2D eigenvalue weighted by Gasteiger charge is -2.35. The number of hydrogen-bond acceptors (Lipinski definition) is 2. The average Bonchev–Trinajstić information content (AvgIpc) is 1.61. The molecule has 2 nitrogen and oxygen atoms in total. The summed E-state index contributed by atoms with van der Waals surface area (Å²) < 4.78 is 0. The molecule has 0 N–H and O–H groups in total. The van der Waals surface area contributed by atoms with Crippen molar-refractivity contribution in [3.8, 4) is 66.8 Å². The molecular weight excluding hydrogens is 1270 g/mol. The largest absolute Gasteiger partial charge is 0.345 e. The van der Waals surface area contributed by atoms with E-state index in [1.165, 1.54) is 260 Å². The fourth-order valence-electron chi connectivity index (χ4n) is 18.2. The Morgan fingerprint density at radius 3 is 0.914 bits per heavy atom. The second kappa shape index (κ2) is 34.5. The zero-order valence-electron chi connectivity index (χ0n) is 65.2. The monoisotopic (exact) mass is 1380 g/mol. The molecule has 1 unspecified atom stereocenters. The first-order valence-electron chi connectivity index (χ1n) is 41.1. The normalized spacial score (nSPS) is 13.7. The smallest absolute Gasteiger partial charge is 0.0465 e. The zero-order chi connectivity index (χ0) is 72.8. The Morgan fingerprint density at radius 1 is 0.286 bits per heavy atom. The number of benzene rings is 11. The number of fused-ring (bicyclic) bond motifs is 6. The van der Waals surface area contributed by atoms with Crippen LogP contribution in [-0.2, 0) is 16.2 Å². The maximum atomic E-state index is 2.61. The lowest BCUT2D eigenvalue weighted by Crippen LogP contribution is -2.30. The molecule has 0 saturated carbocycles. The van der Waals surface area contributed by atoms with Crippen LogP contribution in [0.5, 0.6) is 0 Å². The van der Waals surface area contributed by atoms with Gasteiger partial charge >= 0.3 is 0 Å². The molecule has 0 aliphatic heterocycles. The maximum Gasteiger partial charge on any atom is 0.0465 e. The fourth-order valence-corrected chi connectivity index (χ4v) is 18.2. The molecule has 0 spiro atoms. The molecule has 0 heterocycles. The van der Waals surface area contributed by atoms with Gasteiger partial charge in [0.2, 0.25) is 0 Å². The molecule has 0 aromatic heterocycles. The number of aryl methyl sites for hydroxylation is 1. The molecule has 1 atom stereocenters.